The molecular formula is C14H28O6. The second kappa shape index (κ2) is 17.9. The molecule has 0 spiro atoms. The van der Waals surface area contributed by atoms with E-state index in [1.165, 1.54) is 0 Å². The Kier molecular flexibility index (Phi) is 18.9. The molecule has 4 N–H and O–H groups in total. The van der Waals surface area contributed by atoms with Crippen molar-refractivity contribution < 1.29 is 30.0 Å². The molecule has 0 aliphatic rings. The Morgan fingerprint density at radius 1 is 0.550 bits per heavy atom. The van der Waals surface area contributed by atoms with Crippen molar-refractivity contribution in [3.63, 3.8) is 0 Å². The lowest BCUT2D eigenvalue weighted by molar-refractivity contribution is -0.138. The molecule has 6 heteroatoms. The molecule has 0 unspecified atom stereocenters. The molecule has 0 rings (SSSR count). The van der Waals surface area contributed by atoms with Gasteiger partial charge in [0.25, 0.3) is 0 Å². The molecule has 0 saturated heterocycles. The Morgan fingerprint density at radius 3 is 1.00 bits per heavy atom. The molecule has 0 saturated carbocycles. The Bertz CT molecular complexity index is 206. The Morgan fingerprint density at radius 2 is 0.800 bits per heavy atom. The summed E-state index contributed by atoms with van der Waals surface area (Å²) in [5.41, 5.74) is 0. The van der Waals surface area contributed by atoms with Crippen LogP contribution in [-0.4, -0.2) is 45.6 Å². The summed E-state index contributed by atoms with van der Waals surface area (Å²) in [5.74, 6) is -1.43. The number of carboxylic acid groups (broad SMARTS) is 2. The number of hydrogen-bond acceptors (Lipinski definition) is 4. The smallest absolute Gasteiger partial charge is 0.303 e. The maximum Gasteiger partial charge on any atom is 0.303 e. The highest BCUT2D eigenvalue weighted by Gasteiger charge is 1.98. The van der Waals surface area contributed by atoms with Gasteiger partial charge in [0.15, 0.2) is 0 Å². The van der Waals surface area contributed by atoms with Gasteiger partial charge < -0.3 is 20.4 Å². The lowest BCUT2D eigenvalue weighted by Crippen LogP contribution is -1.94. The van der Waals surface area contributed by atoms with E-state index in [4.69, 9.17) is 20.4 Å². The van der Waals surface area contributed by atoms with Crippen LogP contribution in [0.15, 0.2) is 0 Å². The lowest BCUT2D eigenvalue weighted by atomic mass is 10.1. The van der Waals surface area contributed by atoms with E-state index in [2.05, 4.69) is 0 Å². The number of carboxylic acids is 2. The summed E-state index contributed by atoms with van der Waals surface area (Å²) in [6, 6.07) is 0. The first-order chi connectivity index (χ1) is 9.54. The SMILES string of the molecule is O=C(O)CCCCCCCCCCC(=O)O.OCCO. The summed E-state index contributed by atoms with van der Waals surface area (Å²) in [5, 5.41) is 32.1. The van der Waals surface area contributed by atoms with E-state index in [0.717, 1.165) is 51.4 Å². The summed E-state index contributed by atoms with van der Waals surface area (Å²) >= 11 is 0. The second-order valence-corrected chi connectivity index (χ2v) is 4.56. The highest BCUT2D eigenvalue weighted by molar-refractivity contribution is 5.66. The summed E-state index contributed by atoms with van der Waals surface area (Å²) in [7, 11) is 0. The van der Waals surface area contributed by atoms with Crippen LogP contribution in [0.4, 0.5) is 0 Å². The van der Waals surface area contributed by atoms with E-state index in [1.807, 2.05) is 0 Å². The molecule has 0 aromatic rings. The molecule has 6 nitrogen and oxygen atoms in total. The van der Waals surface area contributed by atoms with Crippen LogP contribution in [0.3, 0.4) is 0 Å². The van der Waals surface area contributed by atoms with Crippen LogP contribution < -0.4 is 0 Å². The van der Waals surface area contributed by atoms with Crippen molar-refractivity contribution in [1.82, 2.24) is 0 Å². The second-order valence-electron chi connectivity index (χ2n) is 4.56. The van der Waals surface area contributed by atoms with Crippen LogP contribution in [0.25, 0.3) is 0 Å². The van der Waals surface area contributed by atoms with Gasteiger partial charge in [-0.3, -0.25) is 9.59 Å². The minimum Gasteiger partial charge on any atom is -0.481 e. The Balaban J connectivity index is 0. The summed E-state index contributed by atoms with van der Waals surface area (Å²) < 4.78 is 0. The topological polar surface area (TPSA) is 115 Å². The average molecular weight is 292 g/mol. The van der Waals surface area contributed by atoms with Crippen LogP contribution in [0, 0.1) is 0 Å². The minimum absolute atomic E-state index is 0.125. The predicted molar refractivity (Wildman–Crippen MR) is 75.6 cm³/mol. The quantitative estimate of drug-likeness (QED) is 0.409. The number of hydrogen-bond donors (Lipinski definition) is 4. The van der Waals surface area contributed by atoms with Gasteiger partial charge in [-0.05, 0) is 12.8 Å². The third kappa shape index (κ3) is 25.6. The first-order valence-electron chi connectivity index (χ1n) is 7.20. The number of carbonyl (C=O) groups is 2. The molecule has 120 valence electrons. The molecule has 0 aliphatic carbocycles. The van der Waals surface area contributed by atoms with Crippen LogP contribution in [0.2, 0.25) is 0 Å². The van der Waals surface area contributed by atoms with Crippen molar-refractivity contribution in [1.29, 1.82) is 0 Å². The van der Waals surface area contributed by atoms with Gasteiger partial charge in [-0.1, -0.05) is 38.5 Å². The average Bonchev–Trinajstić information content (AvgIpc) is 2.40. The maximum atomic E-state index is 10.2. The van der Waals surface area contributed by atoms with Crippen LogP contribution in [0.1, 0.15) is 64.2 Å². The van der Waals surface area contributed by atoms with Crippen LogP contribution in [-0.2, 0) is 9.59 Å². The first-order valence-corrected chi connectivity index (χ1v) is 7.20. The fraction of sp³-hybridized carbons (Fsp3) is 0.857. The van der Waals surface area contributed by atoms with Gasteiger partial charge in [-0.2, -0.15) is 0 Å². The highest BCUT2D eigenvalue weighted by Crippen LogP contribution is 2.10. The van der Waals surface area contributed by atoms with Crippen LogP contribution in [0.5, 0.6) is 0 Å². The maximum absolute atomic E-state index is 10.2. The normalized spacial score (nSPS) is 9.70. The lowest BCUT2D eigenvalue weighted by Gasteiger charge is -2.00. The molecule has 0 amide bonds. The van der Waals surface area contributed by atoms with Crippen molar-refractivity contribution >= 4 is 11.9 Å². The van der Waals surface area contributed by atoms with Crippen molar-refractivity contribution in [3.8, 4) is 0 Å². The standard InChI is InChI=1S/C12H22O4.C2H6O2/c13-11(14)9-7-5-3-1-2-4-6-8-10-12(15)16;3-1-2-4/h1-10H2,(H,13,14)(H,15,16);3-4H,1-2H2. The molecule has 0 aliphatic heterocycles. The minimum atomic E-state index is -0.714. The van der Waals surface area contributed by atoms with Gasteiger partial charge in [0, 0.05) is 12.8 Å². The monoisotopic (exact) mass is 292 g/mol. The van der Waals surface area contributed by atoms with Crippen molar-refractivity contribution in [2.75, 3.05) is 13.2 Å². The van der Waals surface area contributed by atoms with Gasteiger partial charge in [-0.25, -0.2) is 0 Å². The molecular weight excluding hydrogens is 264 g/mol. The largest absolute Gasteiger partial charge is 0.481 e. The Labute approximate surface area is 120 Å². The van der Waals surface area contributed by atoms with Gasteiger partial charge in [-0.15, -0.1) is 0 Å². The predicted octanol–water partition coefficient (Wildman–Crippen LogP) is 2.03. The summed E-state index contributed by atoms with van der Waals surface area (Å²) in [6.07, 6.45) is 8.51. The fourth-order valence-corrected chi connectivity index (χ4v) is 1.61. The van der Waals surface area contributed by atoms with E-state index in [0.29, 0.717) is 0 Å². The molecule has 0 bridgehead atoms. The summed E-state index contributed by atoms with van der Waals surface area (Å²) in [4.78, 5) is 20.4. The number of unbranched alkanes of at least 4 members (excludes halogenated alkanes) is 7. The number of aliphatic hydroxyl groups excluding tert-OH is 2. The van der Waals surface area contributed by atoms with Crippen LogP contribution >= 0.6 is 0 Å². The molecule has 0 heterocycles. The zero-order chi connectivity index (χ0) is 15.6. The summed E-state index contributed by atoms with van der Waals surface area (Å²) in [6.45, 7) is -0.250. The highest BCUT2D eigenvalue weighted by atomic mass is 16.4. The third-order valence-corrected chi connectivity index (χ3v) is 2.63. The van der Waals surface area contributed by atoms with Crippen molar-refractivity contribution in [3.05, 3.63) is 0 Å². The molecule has 0 atom stereocenters. The number of aliphatic hydroxyl groups is 2. The van der Waals surface area contributed by atoms with Gasteiger partial charge in [0.05, 0.1) is 13.2 Å². The van der Waals surface area contributed by atoms with E-state index in [1.54, 1.807) is 0 Å². The molecule has 0 fully saturated rings. The van der Waals surface area contributed by atoms with Crippen molar-refractivity contribution in [2.45, 2.75) is 64.2 Å². The van der Waals surface area contributed by atoms with Gasteiger partial charge in [0.1, 0.15) is 0 Å². The van der Waals surface area contributed by atoms with E-state index >= 15 is 0 Å². The van der Waals surface area contributed by atoms with E-state index < -0.39 is 11.9 Å². The Hall–Kier alpha value is -1.14. The molecule has 0 aromatic heterocycles. The van der Waals surface area contributed by atoms with E-state index in [9.17, 15) is 9.59 Å². The zero-order valence-corrected chi connectivity index (χ0v) is 12.1. The zero-order valence-electron chi connectivity index (χ0n) is 12.1. The fourth-order valence-electron chi connectivity index (χ4n) is 1.61. The molecule has 0 radical (unpaired) electrons. The molecule has 20 heavy (non-hydrogen) atoms. The third-order valence-electron chi connectivity index (χ3n) is 2.63. The molecule has 0 aromatic carbocycles. The number of rotatable bonds is 12. The van der Waals surface area contributed by atoms with Crippen molar-refractivity contribution in [2.24, 2.45) is 0 Å². The first kappa shape index (κ1) is 21.2. The van der Waals surface area contributed by atoms with E-state index in [-0.39, 0.29) is 26.1 Å². The number of aliphatic carboxylic acids is 2. The van der Waals surface area contributed by atoms with Gasteiger partial charge >= 0.3 is 11.9 Å². The van der Waals surface area contributed by atoms with Gasteiger partial charge in [0.2, 0.25) is 0 Å².